The van der Waals surface area contributed by atoms with Gasteiger partial charge in [-0.15, -0.1) is 0 Å². The van der Waals surface area contributed by atoms with E-state index in [2.05, 4.69) is 5.32 Å². The largest absolute Gasteiger partial charge is 0.489 e. The van der Waals surface area contributed by atoms with E-state index in [4.69, 9.17) is 9.84 Å². The van der Waals surface area contributed by atoms with Crippen LogP contribution in [0.2, 0.25) is 0 Å². The molecule has 29 heavy (non-hydrogen) atoms. The Bertz CT molecular complexity index is 952. The molecule has 0 atom stereocenters. The Hall–Kier alpha value is -3.59. The third-order valence-electron chi connectivity index (χ3n) is 4.83. The molecule has 6 nitrogen and oxygen atoms in total. The first-order valence-electron chi connectivity index (χ1n) is 9.53. The highest BCUT2D eigenvalue weighted by molar-refractivity contribution is 6.01. The van der Waals surface area contributed by atoms with Gasteiger partial charge in [0.1, 0.15) is 24.0 Å². The van der Waals surface area contributed by atoms with Crippen molar-refractivity contribution in [2.45, 2.75) is 38.3 Å². The number of carboxylic acids is 1. The SMILES string of the molecule is N#C/C(=C/c1ccc(OCc2cccc(C(=O)O)c2)cc1)C(=O)NC1CCCC1. The van der Waals surface area contributed by atoms with Gasteiger partial charge >= 0.3 is 5.97 Å². The van der Waals surface area contributed by atoms with Crippen LogP contribution in [0.4, 0.5) is 0 Å². The van der Waals surface area contributed by atoms with E-state index in [1.807, 2.05) is 6.07 Å². The summed E-state index contributed by atoms with van der Waals surface area (Å²) in [6.07, 6.45) is 5.71. The standard InChI is InChI=1S/C23H22N2O4/c24-14-19(22(26)25-20-6-1-2-7-20)12-16-8-10-21(11-9-16)29-15-17-4-3-5-18(13-17)23(27)28/h3-5,8-13,20H,1-2,6-7,15H2,(H,25,26)(H,27,28)/b19-12-. The number of ether oxygens (including phenoxy) is 1. The zero-order valence-corrected chi connectivity index (χ0v) is 15.9. The van der Waals surface area contributed by atoms with E-state index >= 15 is 0 Å². The van der Waals surface area contributed by atoms with Gasteiger partial charge in [0.05, 0.1) is 5.56 Å². The molecule has 0 radical (unpaired) electrons. The van der Waals surface area contributed by atoms with Crippen molar-refractivity contribution in [3.63, 3.8) is 0 Å². The minimum Gasteiger partial charge on any atom is -0.489 e. The second-order valence-corrected chi connectivity index (χ2v) is 6.99. The molecular formula is C23H22N2O4. The summed E-state index contributed by atoms with van der Waals surface area (Å²) in [6, 6.07) is 15.7. The summed E-state index contributed by atoms with van der Waals surface area (Å²) < 4.78 is 5.69. The van der Waals surface area contributed by atoms with Crippen LogP contribution in [0.1, 0.15) is 47.2 Å². The molecule has 0 aliphatic heterocycles. The van der Waals surface area contributed by atoms with Crippen LogP contribution < -0.4 is 10.1 Å². The average Bonchev–Trinajstić information content (AvgIpc) is 3.24. The molecule has 0 aromatic heterocycles. The molecule has 148 valence electrons. The Morgan fingerprint density at radius 1 is 1.17 bits per heavy atom. The van der Waals surface area contributed by atoms with Crippen LogP contribution in [0.3, 0.4) is 0 Å². The molecular weight excluding hydrogens is 368 g/mol. The number of amides is 1. The van der Waals surface area contributed by atoms with Crippen LogP contribution in [-0.2, 0) is 11.4 Å². The van der Waals surface area contributed by atoms with Gasteiger partial charge in [0, 0.05) is 6.04 Å². The Balaban J connectivity index is 1.60. The molecule has 6 heteroatoms. The zero-order chi connectivity index (χ0) is 20.6. The first-order valence-corrected chi connectivity index (χ1v) is 9.53. The van der Waals surface area contributed by atoms with Crippen molar-refractivity contribution < 1.29 is 19.4 Å². The van der Waals surface area contributed by atoms with E-state index in [1.165, 1.54) is 6.07 Å². The van der Waals surface area contributed by atoms with Gasteiger partial charge < -0.3 is 15.2 Å². The van der Waals surface area contributed by atoms with E-state index in [-0.39, 0.29) is 29.7 Å². The number of aromatic carboxylic acids is 1. The maximum Gasteiger partial charge on any atom is 0.335 e. The predicted molar refractivity (Wildman–Crippen MR) is 108 cm³/mol. The number of hydrogen-bond donors (Lipinski definition) is 2. The molecule has 0 bridgehead atoms. The molecule has 1 aliphatic carbocycles. The third-order valence-corrected chi connectivity index (χ3v) is 4.83. The highest BCUT2D eigenvalue weighted by Crippen LogP contribution is 2.19. The molecule has 3 rings (SSSR count). The summed E-state index contributed by atoms with van der Waals surface area (Å²) in [7, 11) is 0. The minimum absolute atomic E-state index is 0.0797. The summed E-state index contributed by atoms with van der Waals surface area (Å²) in [6.45, 7) is 0.240. The Morgan fingerprint density at radius 2 is 1.90 bits per heavy atom. The fourth-order valence-corrected chi connectivity index (χ4v) is 3.27. The number of benzene rings is 2. The van der Waals surface area contributed by atoms with Gasteiger partial charge in [0.25, 0.3) is 5.91 Å². The Morgan fingerprint density at radius 3 is 2.55 bits per heavy atom. The molecule has 0 spiro atoms. The van der Waals surface area contributed by atoms with Crippen molar-refractivity contribution in [1.29, 1.82) is 5.26 Å². The average molecular weight is 390 g/mol. The number of hydrogen-bond acceptors (Lipinski definition) is 4. The maximum atomic E-state index is 12.3. The van der Waals surface area contributed by atoms with Gasteiger partial charge in [0.2, 0.25) is 0 Å². The smallest absolute Gasteiger partial charge is 0.335 e. The van der Waals surface area contributed by atoms with Gasteiger partial charge in [-0.2, -0.15) is 5.26 Å². The predicted octanol–water partition coefficient (Wildman–Crippen LogP) is 3.93. The zero-order valence-electron chi connectivity index (χ0n) is 15.9. The van der Waals surface area contributed by atoms with Gasteiger partial charge in [-0.05, 0) is 54.3 Å². The van der Waals surface area contributed by atoms with Crippen molar-refractivity contribution >= 4 is 18.0 Å². The quantitative estimate of drug-likeness (QED) is 0.551. The van der Waals surface area contributed by atoms with Crippen molar-refractivity contribution in [2.75, 3.05) is 0 Å². The number of nitriles is 1. The number of rotatable bonds is 7. The molecule has 0 saturated heterocycles. The van der Waals surface area contributed by atoms with Gasteiger partial charge in [-0.1, -0.05) is 37.1 Å². The van der Waals surface area contributed by atoms with E-state index < -0.39 is 5.97 Å². The van der Waals surface area contributed by atoms with Crippen LogP contribution in [-0.4, -0.2) is 23.0 Å². The van der Waals surface area contributed by atoms with Crippen molar-refractivity contribution in [1.82, 2.24) is 5.32 Å². The summed E-state index contributed by atoms with van der Waals surface area (Å²) in [5.74, 6) is -0.705. The fraction of sp³-hybridized carbons (Fsp3) is 0.261. The summed E-state index contributed by atoms with van der Waals surface area (Å²) in [5.41, 5.74) is 1.77. The van der Waals surface area contributed by atoms with Crippen LogP contribution in [0, 0.1) is 11.3 Å². The number of nitrogens with zero attached hydrogens (tertiary/aromatic N) is 1. The lowest BCUT2D eigenvalue weighted by Gasteiger charge is -2.11. The Kier molecular flexibility index (Phi) is 6.64. The van der Waals surface area contributed by atoms with E-state index in [0.717, 1.165) is 36.8 Å². The fourth-order valence-electron chi connectivity index (χ4n) is 3.27. The molecule has 1 saturated carbocycles. The minimum atomic E-state index is -0.978. The molecule has 1 fully saturated rings. The third kappa shape index (κ3) is 5.69. The normalized spacial score (nSPS) is 14.2. The van der Waals surface area contributed by atoms with Crippen LogP contribution in [0.5, 0.6) is 5.75 Å². The van der Waals surface area contributed by atoms with E-state index in [0.29, 0.717) is 5.75 Å². The lowest BCUT2D eigenvalue weighted by molar-refractivity contribution is -0.117. The molecule has 1 amide bonds. The summed E-state index contributed by atoms with van der Waals surface area (Å²) >= 11 is 0. The van der Waals surface area contributed by atoms with Crippen LogP contribution in [0.15, 0.2) is 54.1 Å². The molecule has 0 heterocycles. The molecule has 0 unspecified atom stereocenters. The lowest BCUT2D eigenvalue weighted by atomic mass is 10.1. The molecule has 2 aromatic carbocycles. The summed E-state index contributed by atoms with van der Waals surface area (Å²) in [4.78, 5) is 23.3. The maximum absolute atomic E-state index is 12.3. The van der Waals surface area contributed by atoms with Gasteiger partial charge in [-0.25, -0.2) is 4.79 Å². The van der Waals surface area contributed by atoms with Crippen LogP contribution >= 0.6 is 0 Å². The topological polar surface area (TPSA) is 99.4 Å². The van der Waals surface area contributed by atoms with Gasteiger partial charge in [-0.3, -0.25) is 4.79 Å². The highest BCUT2D eigenvalue weighted by Gasteiger charge is 2.19. The highest BCUT2D eigenvalue weighted by atomic mass is 16.5. The lowest BCUT2D eigenvalue weighted by Crippen LogP contribution is -2.33. The molecule has 2 N–H and O–H groups in total. The molecule has 2 aromatic rings. The first kappa shape index (κ1) is 20.2. The number of carboxylic acid groups (broad SMARTS) is 1. The second kappa shape index (κ2) is 9.56. The monoisotopic (exact) mass is 390 g/mol. The second-order valence-electron chi connectivity index (χ2n) is 6.99. The van der Waals surface area contributed by atoms with Crippen molar-refractivity contribution in [3.8, 4) is 11.8 Å². The first-order chi connectivity index (χ1) is 14.0. The number of carbonyl (C=O) groups is 2. The number of nitrogens with one attached hydrogen (secondary N) is 1. The Labute approximate surface area is 169 Å². The molecule has 1 aliphatic rings. The van der Waals surface area contributed by atoms with Gasteiger partial charge in [0.15, 0.2) is 0 Å². The number of carbonyl (C=O) groups excluding carboxylic acids is 1. The summed E-state index contributed by atoms with van der Waals surface area (Å²) in [5, 5.41) is 21.3. The van der Waals surface area contributed by atoms with Crippen molar-refractivity contribution in [2.24, 2.45) is 0 Å². The van der Waals surface area contributed by atoms with E-state index in [1.54, 1.807) is 48.5 Å². The van der Waals surface area contributed by atoms with E-state index in [9.17, 15) is 14.9 Å². The van der Waals surface area contributed by atoms with Crippen LogP contribution in [0.25, 0.3) is 6.08 Å². The van der Waals surface area contributed by atoms with Crippen molar-refractivity contribution in [3.05, 3.63) is 70.8 Å².